The van der Waals surface area contributed by atoms with E-state index in [9.17, 15) is 4.79 Å². The lowest BCUT2D eigenvalue weighted by atomic mass is 10.1. The van der Waals surface area contributed by atoms with Crippen molar-refractivity contribution in [2.75, 3.05) is 19.5 Å². The number of nitrogens with one attached hydrogen (secondary N) is 1. The van der Waals surface area contributed by atoms with E-state index < -0.39 is 0 Å². The minimum absolute atomic E-state index is 0.0223. The molecule has 0 aromatic heterocycles. The highest BCUT2D eigenvalue weighted by Gasteiger charge is 2.28. The Bertz CT molecular complexity index is 687. The van der Waals surface area contributed by atoms with Crippen LogP contribution < -0.4 is 14.8 Å². The Labute approximate surface area is 127 Å². The largest absolute Gasteiger partial charge is 0.493 e. The Morgan fingerprint density at radius 2 is 1.81 bits per heavy atom. The van der Waals surface area contributed by atoms with Crippen LogP contribution in [0, 0.1) is 0 Å². The summed E-state index contributed by atoms with van der Waals surface area (Å²) < 4.78 is 10.5. The van der Waals surface area contributed by atoms with Crippen LogP contribution in [0.2, 0.25) is 0 Å². The Morgan fingerprint density at radius 3 is 2.57 bits per heavy atom. The predicted molar refractivity (Wildman–Crippen MR) is 83.2 cm³/mol. The molecule has 2 aromatic carbocycles. The highest BCUT2D eigenvalue weighted by Crippen LogP contribution is 2.45. The van der Waals surface area contributed by atoms with E-state index in [-0.39, 0.29) is 11.2 Å². The SMILES string of the molecule is COc1ccc(C2Sc3ccccc3NC2=O)cc1OC. The molecule has 0 radical (unpaired) electrons. The third-order valence-corrected chi connectivity index (χ3v) is 4.67. The van der Waals surface area contributed by atoms with Crippen molar-refractivity contribution in [2.24, 2.45) is 0 Å². The van der Waals surface area contributed by atoms with Gasteiger partial charge in [0.25, 0.3) is 0 Å². The summed E-state index contributed by atoms with van der Waals surface area (Å²) in [5.41, 5.74) is 1.76. The van der Waals surface area contributed by atoms with Crippen molar-refractivity contribution in [2.45, 2.75) is 10.1 Å². The number of hydrogen-bond donors (Lipinski definition) is 1. The van der Waals surface area contributed by atoms with E-state index in [2.05, 4.69) is 5.32 Å². The van der Waals surface area contributed by atoms with Crippen molar-refractivity contribution in [3.63, 3.8) is 0 Å². The summed E-state index contributed by atoms with van der Waals surface area (Å²) in [5, 5.41) is 2.65. The van der Waals surface area contributed by atoms with Crippen molar-refractivity contribution in [1.29, 1.82) is 0 Å². The minimum atomic E-state index is -0.292. The molecule has 0 fully saturated rings. The molecule has 3 rings (SSSR count). The van der Waals surface area contributed by atoms with Gasteiger partial charge in [-0.1, -0.05) is 18.2 Å². The highest BCUT2D eigenvalue weighted by atomic mass is 32.2. The van der Waals surface area contributed by atoms with Crippen molar-refractivity contribution in [3.05, 3.63) is 48.0 Å². The molecule has 1 heterocycles. The minimum Gasteiger partial charge on any atom is -0.493 e. The topological polar surface area (TPSA) is 47.6 Å². The third-order valence-electron chi connectivity index (χ3n) is 3.34. The number of benzene rings is 2. The van der Waals surface area contributed by atoms with E-state index in [1.807, 2.05) is 42.5 Å². The molecule has 108 valence electrons. The third kappa shape index (κ3) is 2.56. The second-order valence-corrected chi connectivity index (χ2v) is 5.74. The zero-order valence-corrected chi connectivity index (χ0v) is 12.6. The molecular formula is C16H15NO3S. The van der Waals surface area contributed by atoms with Crippen molar-refractivity contribution < 1.29 is 14.3 Å². The summed E-state index contributed by atoms with van der Waals surface area (Å²) in [5.74, 6) is 1.26. The van der Waals surface area contributed by atoms with Gasteiger partial charge >= 0.3 is 0 Å². The standard InChI is InChI=1S/C16H15NO3S/c1-19-12-8-7-10(9-13(12)20-2)15-16(18)17-11-5-3-4-6-14(11)21-15/h3-9,15H,1-2H3,(H,17,18). The summed E-state index contributed by atoms with van der Waals surface area (Å²) in [6, 6.07) is 13.4. The first-order valence-electron chi connectivity index (χ1n) is 6.51. The Kier molecular flexibility index (Phi) is 3.75. The number of ether oxygens (including phenoxy) is 2. The van der Waals surface area contributed by atoms with E-state index in [4.69, 9.17) is 9.47 Å². The van der Waals surface area contributed by atoms with E-state index in [1.165, 1.54) is 0 Å². The van der Waals surface area contributed by atoms with Crippen LogP contribution in [0.25, 0.3) is 0 Å². The van der Waals surface area contributed by atoms with E-state index in [1.54, 1.807) is 26.0 Å². The van der Waals surface area contributed by atoms with Gasteiger partial charge in [-0.15, -0.1) is 11.8 Å². The number of para-hydroxylation sites is 1. The number of hydrogen-bond acceptors (Lipinski definition) is 4. The summed E-state index contributed by atoms with van der Waals surface area (Å²) in [7, 11) is 3.18. The number of rotatable bonds is 3. The van der Waals surface area contributed by atoms with Crippen LogP contribution in [0.1, 0.15) is 10.8 Å². The average molecular weight is 301 g/mol. The smallest absolute Gasteiger partial charge is 0.242 e. The molecule has 21 heavy (non-hydrogen) atoms. The molecule has 0 spiro atoms. The van der Waals surface area contributed by atoms with E-state index >= 15 is 0 Å². The Balaban J connectivity index is 1.96. The van der Waals surface area contributed by atoms with E-state index in [0.29, 0.717) is 11.5 Å². The predicted octanol–water partition coefficient (Wildman–Crippen LogP) is 3.49. The molecule has 1 aliphatic rings. The summed E-state index contributed by atoms with van der Waals surface area (Å²) >= 11 is 1.54. The van der Waals surface area contributed by atoms with Crippen molar-refractivity contribution in [3.8, 4) is 11.5 Å². The van der Waals surface area contributed by atoms with Gasteiger partial charge in [-0.05, 0) is 29.8 Å². The van der Waals surface area contributed by atoms with Crippen LogP contribution in [0.4, 0.5) is 5.69 Å². The molecule has 1 atom stereocenters. The van der Waals surface area contributed by atoms with Crippen molar-refractivity contribution in [1.82, 2.24) is 0 Å². The number of anilines is 1. The Morgan fingerprint density at radius 1 is 1.05 bits per heavy atom. The molecule has 0 bridgehead atoms. The number of carbonyl (C=O) groups is 1. The maximum Gasteiger partial charge on any atom is 0.242 e. The maximum absolute atomic E-state index is 12.3. The van der Waals surface area contributed by atoms with Crippen LogP contribution in [0.5, 0.6) is 11.5 Å². The van der Waals surface area contributed by atoms with Crippen LogP contribution in [-0.2, 0) is 4.79 Å². The lowest BCUT2D eigenvalue weighted by Crippen LogP contribution is -2.23. The first-order chi connectivity index (χ1) is 10.2. The zero-order chi connectivity index (χ0) is 14.8. The van der Waals surface area contributed by atoms with Crippen LogP contribution in [0.15, 0.2) is 47.4 Å². The molecule has 2 aromatic rings. The number of thioether (sulfide) groups is 1. The second kappa shape index (κ2) is 5.69. The van der Waals surface area contributed by atoms with Gasteiger partial charge in [0, 0.05) is 4.90 Å². The van der Waals surface area contributed by atoms with Gasteiger partial charge in [0.2, 0.25) is 5.91 Å². The summed E-state index contributed by atoms with van der Waals surface area (Å²) in [4.78, 5) is 13.4. The molecule has 1 unspecified atom stereocenters. The summed E-state index contributed by atoms with van der Waals surface area (Å²) in [6.45, 7) is 0. The highest BCUT2D eigenvalue weighted by molar-refractivity contribution is 8.00. The van der Waals surface area contributed by atoms with Gasteiger partial charge in [-0.3, -0.25) is 4.79 Å². The van der Waals surface area contributed by atoms with Crippen LogP contribution >= 0.6 is 11.8 Å². The average Bonchev–Trinajstić information content (AvgIpc) is 2.53. The molecule has 0 aliphatic carbocycles. The Hall–Kier alpha value is -2.14. The first-order valence-corrected chi connectivity index (χ1v) is 7.39. The van der Waals surface area contributed by atoms with Gasteiger partial charge in [-0.2, -0.15) is 0 Å². The normalized spacial score (nSPS) is 16.9. The molecule has 1 amide bonds. The monoisotopic (exact) mass is 301 g/mol. The molecule has 4 nitrogen and oxygen atoms in total. The lowest BCUT2D eigenvalue weighted by molar-refractivity contribution is -0.115. The maximum atomic E-state index is 12.3. The number of methoxy groups -OCH3 is 2. The number of amides is 1. The zero-order valence-electron chi connectivity index (χ0n) is 11.8. The molecule has 0 saturated carbocycles. The number of carbonyl (C=O) groups excluding carboxylic acids is 1. The fourth-order valence-corrected chi connectivity index (χ4v) is 3.39. The molecule has 1 N–H and O–H groups in total. The van der Waals surface area contributed by atoms with E-state index in [0.717, 1.165) is 16.1 Å². The fraction of sp³-hybridized carbons (Fsp3) is 0.188. The van der Waals surface area contributed by atoms with Crippen LogP contribution in [-0.4, -0.2) is 20.1 Å². The van der Waals surface area contributed by atoms with Gasteiger partial charge in [0.1, 0.15) is 5.25 Å². The molecule has 1 aliphatic heterocycles. The quantitative estimate of drug-likeness (QED) is 0.942. The van der Waals surface area contributed by atoms with Crippen LogP contribution in [0.3, 0.4) is 0 Å². The fourth-order valence-electron chi connectivity index (χ4n) is 2.29. The molecular weight excluding hydrogens is 286 g/mol. The molecule has 0 saturated heterocycles. The van der Waals surface area contributed by atoms with Gasteiger partial charge in [0.05, 0.1) is 19.9 Å². The van der Waals surface area contributed by atoms with Gasteiger partial charge < -0.3 is 14.8 Å². The van der Waals surface area contributed by atoms with Crippen molar-refractivity contribution >= 4 is 23.4 Å². The van der Waals surface area contributed by atoms with Gasteiger partial charge in [-0.25, -0.2) is 0 Å². The molecule has 5 heteroatoms. The number of fused-ring (bicyclic) bond motifs is 1. The summed E-state index contributed by atoms with van der Waals surface area (Å²) in [6.07, 6.45) is 0. The van der Waals surface area contributed by atoms with Gasteiger partial charge in [0.15, 0.2) is 11.5 Å². The second-order valence-electron chi connectivity index (χ2n) is 4.60. The first kappa shape index (κ1) is 13.8. The lowest BCUT2D eigenvalue weighted by Gasteiger charge is -2.24.